The van der Waals surface area contributed by atoms with Gasteiger partial charge in [0, 0.05) is 11.5 Å². The molecule has 2 aliphatic rings. The van der Waals surface area contributed by atoms with Crippen molar-refractivity contribution in [1.82, 2.24) is 0 Å². The molecule has 1 heterocycles. The van der Waals surface area contributed by atoms with Gasteiger partial charge in [-0.25, -0.2) is 0 Å². The quantitative estimate of drug-likeness (QED) is 0.765. The zero-order valence-electron chi connectivity index (χ0n) is 11.2. The molecule has 0 radical (unpaired) electrons. The summed E-state index contributed by atoms with van der Waals surface area (Å²) in [6.07, 6.45) is 5.18. The maximum Gasteiger partial charge on any atom is 0.207 e. The highest BCUT2D eigenvalue weighted by atomic mass is 19.1. The number of fused-ring (bicyclic) bond motifs is 3. The smallest absolute Gasteiger partial charge is 0.207 e. The van der Waals surface area contributed by atoms with E-state index in [-0.39, 0.29) is 11.9 Å². The van der Waals surface area contributed by atoms with Gasteiger partial charge in [0.05, 0.1) is 6.61 Å². The average Bonchev–Trinajstić information content (AvgIpc) is 2.80. The molecule has 1 aliphatic carbocycles. The number of allylic oxidation sites excluding steroid dienone is 1. The Labute approximate surface area is 113 Å². The molecule has 0 aromatic heterocycles. The zero-order chi connectivity index (χ0) is 13.4. The molecule has 1 saturated carbocycles. The summed E-state index contributed by atoms with van der Waals surface area (Å²) in [5, 5.41) is 0. The van der Waals surface area contributed by atoms with Gasteiger partial charge in [-0.1, -0.05) is 12.1 Å². The van der Waals surface area contributed by atoms with Gasteiger partial charge in [0.2, 0.25) is 5.82 Å². The van der Waals surface area contributed by atoms with E-state index in [0.717, 1.165) is 24.8 Å². The Bertz CT molecular complexity index is 498. The summed E-state index contributed by atoms with van der Waals surface area (Å²) in [5.74, 6) is 1.18. The molecule has 1 aromatic carbocycles. The first-order valence-electron chi connectivity index (χ1n) is 6.99. The van der Waals surface area contributed by atoms with Crippen molar-refractivity contribution in [3.05, 3.63) is 36.2 Å². The molecule has 102 valence electrons. The molecule has 0 N–H and O–H groups in total. The van der Waals surface area contributed by atoms with Crippen LogP contribution in [-0.2, 0) is 0 Å². The lowest BCUT2D eigenvalue weighted by atomic mass is 9.78. The maximum atomic E-state index is 14.3. The van der Waals surface area contributed by atoms with E-state index in [1.165, 1.54) is 0 Å². The molecule has 19 heavy (non-hydrogen) atoms. The van der Waals surface area contributed by atoms with Crippen LogP contribution in [0.15, 0.2) is 24.8 Å². The van der Waals surface area contributed by atoms with Gasteiger partial charge < -0.3 is 9.47 Å². The average molecular weight is 262 g/mol. The molecule has 2 nitrogen and oxygen atoms in total. The third-order valence-corrected chi connectivity index (χ3v) is 4.23. The lowest BCUT2D eigenvalue weighted by Crippen LogP contribution is -2.27. The molecule has 3 atom stereocenters. The first kappa shape index (κ1) is 12.5. The largest absolute Gasteiger partial charge is 0.491 e. The normalized spacial score (nSPS) is 28.2. The third kappa shape index (κ3) is 2.01. The Kier molecular flexibility index (Phi) is 3.21. The van der Waals surface area contributed by atoms with E-state index in [1.54, 1.807) is 6.07 Å². The lowest BCUT2D eigenvalue weighted by Gasteiger charge is -2.29. The first-order valence-corrected chi connectivity index (χ1v) is 6.99. The van der Waals surface area contributed by atoms with Gasteiger partial charge in [0.15, 0.2) is 11.5 Å². The summed E-state index contributed by atoms with van der Waals surface area (Å²) >= 11 is 0. The molecule has 1 aromatic rings. The van der Waals surface area contributed by atoms with E-state index >= 15 is 0 Å². The van der Waals surface area contributed by atoms with Crippen LogP contribution in [0.1, 0.15) is 37.7 Å². The van der Waals surface area contributed by atoms with Gasteiger partial charge in [-0.05, 0) is 38.2 Å². The van der Waals surface area contributed by atoms with E-state index < -0.39 is 0 Å². The Morgan fingerprint density at radius 2 is 2.32 bits per heavy atom. The van der Waals surface area contributed by atoms with E-state index in [4.69, 9.17) is 9.47 Å². The van der Waals surface area contributed by atoms with Crippen LogP contribution >= 0.6 is 0 Å². The van der Waals surface area contributed by atoms with Crippen molar-refractivity contribution >= 4 is 0 Å². The second-order valence-electron chi connectivity index (χ2n) is 5.30. The Morgan fingerprint density at radius 3 is 3.05 bits per heavy atom. The fourth-order valence-electron chi connectivity index (χ4n) is 3.24. The number of hydrogen-bond acceptors (Lipinski definition) is 2. The van der Waals surface area contributed by atoms with Gasteiger partial charge in [-0.3, -0.25) is 0 Å². The summed E-state index contributed by atoms with van der Waals surface area (Å²) in [6.45, 7) is 6.16. The molecule has 1 aliphatic heterocycles. The topological polar surface area (TPSA) is 18.5 Å². The van der Waals surface area contributed by atoms with Crippen molar-refractivity contribution in [2.75, 3.05) is 6.61 Å². The molecular weight excluding hydrogens is 243 g/mol. The van der Waals surface area contributed by atoms with Crippen molar-refractivity contribution in [3.8, 4) is 11.5 Å². The van der Waals surface area contributed by atoms with Crippen molar-refractivity contribution in [1.29, 1.82) is 0 Å². The summed E-state index contributed by atoms with van der Waals surface area (Å²) in [5.41, 5.74) is 1.01. The molecule has 0 spiro atoms. The number of benzene rings is 1. The third-order valence-electron chi connectivity index (χ3n) is 4.23. The van der Waals surface area contributed by atoms with Crippen LogP contribution in [0.25, 0.3) is 0 Å². The Balaban J connectivity index is 1.91. The highest BCUT2D eigenvalue weighted by Gasteiger charge is 2.40. The number of halogens is 1. The summed E-state index contributed by atoms with van der Waals surface area (Å²) in [7, 11) is 0. The van der Waals surface area contributed by atoms with Crippen LogP contribution in [0.4, 0.5) is 4.39 Å². The minimum absolute atomic E-state index is 0.0955. The molecular formula is C16H19FO2. The monoisotopic (exact) mass is 262 g/mol. The zero-order valence-corrected chi connectivity index (χ0v) is 11.2. The van der Waals surface area contributed by atoms with Crippen molar-refractivity contribution in [3.63, 3.8) is 0 Å². The second kappa shape index (κ2) is 4.87. The van der Waals surface area contributed by atoms with Crippen LogP contribution in [0, 0.1) is 11.7 Å². The van der Waals surface area contributed by atoms with Gasteiger partial charge in [0.25, 0.3) is 0 Å². The fourth-order valence-corrected chi connectivity index (χ4v) is 3.24. The molecule has 2 unspecified atom stereocenters. The van der Waals surface area contributed by atoms with Crippen LogP contribution in [0.3, 0.4) is 0 Å². The SMILES string of the molecule is C=CC1CC[C@H]2c3ccc(OCC)c(F)c3OC2C1. The highest BCUT2D eigenvalue weighted by molar-refractivity contribution is 5.48. The highest BCUT2D eigenvalue weighted by Crippen LogP contribution is 2.49. The molecule has 3 heteroatoms. The molecule has 0 amide bonds. The van der Waals surface area contributed by atoms with E-state index in [9.17, 15) is 4.39 Å². The van der Waals surface area contributed by atoms with E-state index in [0.29, 0.717) is 29.9 Å². The van der Waals surface area contributed by atoms with Gasteiger partial charge in [-0.2, -0.15) is 4.39 Å². The van der Waals surface area contributed by atoms with Crippen LogP contribution < -0.4 is 9.47 Å². The number of rotatable bonds is 3. The number of ether oxygens (including phenoxy) is 2. The lowest BCUT2D eigenvalue weighted by molar-refractivity contribution is 0.139. The van der Waals surface area contributed by atoms with Crippen LogP contribution in [-0.4, -0.2) is 12.7 Å². The Hall–Kier alpha value is -1.51. The Morgan fingerprint density at radius 1 is 1.47 bits per heavy atom. The fraction of sp³-hybridized carbons (Fsp3) is 0.500. The van der Waals surface area contributed by atoms with Crippen molar-refractivity contribution < 1.29 is 13.9 Å². The second-order valence-corrected chi connectivity index (χ2v) is 5.30. The first-order chi connectivity index (χ1) is 9.24. The van der Waals surface area contributed by atoms with E-state index in [2.05, 4.69) is 6.58 Å². The van der Waals surface area contributed by atoms with Crippen molar-refractivity contribution in [2.24, 2.45) is 5.92 Å². The van der Waals surface area contributed by atoms with Crippen LogP contribution in [0.5, 0.6) is 11.5 Å². The summed E-state index contributed by atoms with van der Waals surface area (Å²) < 4.78 is 25.5. The summed E-state index contributed by atoms with van der Waals surface area (Å²) in [6, 6.07) is 3.69. The predicted molar refractivity (Wildman–Crippen MR) is 72.3 cm³/mol. The van der Waals surface area contributed by atoms with Gasteiger partial charge >= 0.3 is 0 Å². The van der Waals surface area contributed by atoms with Crippen LogP contribution in [0.2, 0.25) is 0 Å². The maximum absolute atomic E-state index is 14.3. The van der Waals surface area contributed by atoms with Gasteiger partial charge in [-0.15, -0.1) is 6.58 Å². The predicted octanol–water partition coefficient (Wildman–Crippen LogP) is 4.06. The van der Waals surface area contributed by atoms with E-state index in [1.807, 2.05) is 19.1 Å². The molecule has 0 bridgehead atoms. The molecule has 3 rings (SSSR count). The minimum Gasteiger partial charge on any atom is -0.491 e. The summed E-state index contributed by atoms with van der Waals surface area (Å²) in [4.78, 5) is 0. The van der Waals surface area contributed by atoms with Gasteiger partial charge in [0.1, 0.15) is 6.10 Å². The standard InChI is InChI=1S/C16H19FO2/c1-3-10-5-6-11-12-7-8-13(18-4-2)15(17)16(12)19-14(11)9-10/h3,7-8,10-11,14H,1,4-6,9H2,2H3/t10?,11-,14?/m0/s1. The van der Waals surface area contributed by atoms with Crippen molar-refractivity contribution in [2.45, 2.75) is 38.2 Å². The molecule has 0 saturated heterocycles. The number of hydrogen-bond donors (Lipinski definition) is 0. The minimum atomic E-state index is -0.344. The molecule has 1 fully saturated rings.